The van der Waals surface area contributed by atoms with Crippen molar-refractivity contribution in [3.63, 3.8) is 0 Å². The topological polar surface area (TPSA) is 21.1 Å². The summed E-state index contributed by atoms with van der Waals surface area (Å²) in [5.41, 5.74) is 5.31. The van der Waals surface area contributed by atoms with Crippen molar-refractivity contribution < 1.29 is 0 Å². The number of nitrogens with zero attached hydrogens (tertiary/aromatic N) is 3. The number of aromatic nitrogens is 2. The molecule has 31 heavy (non-hydrogen) atoms. The maximum Gasteiger partial charge on any atom is 0.0568 e. The van der Waals surface area contributed by atoms with E-state index in [0.29, 0.717) is 0 Å². The molecule has 0 spiro atoms. The van der Waals surface area contributed by atoms with Crippen molar-refractivity contribution in [1.29, 1.82) is 0 Å². The minimum absolute atomic E-state index is 1.17. The van der Waals surface area contributed by atoms with Crippen LogP contribution in [0.15, 0.2) is 30.6 Å². The molecule has 0 radical (unpaired) electrons. The third-order valence-electron chi connectivity index (χ3n) is 4.93. The second-order valence-electron chi connectivity index (χ2n) is 7.19. The van der Waals surface area contributed by atoms with Crippen LogP contribution in [0.4, 0.5) is 5.69 Å². The second-order valence-corrected chi connectivity index (χ2v) is 7.19. The first kappa shape index (κ1) is 31.0. The van der Waals surface area contributed by atoms with Gasteiger partial charge in [0.25, 0.3) is 0 Å². The van der Waals surface area contributed by atoms with Gasteiger partial charge >= 0.3 is 0 Å². The molecule has 1 aromatic heterocycles. The lowest BCUT2D eigenvalue weighted by Crippen LogP contribution is -2.24. The van der Waals surface area contributed by atoms with Gasteiger partial charge in [0.15, 0.2) is 0 Å². The van der Waals surface area contributed by atoms with Crippen molar-refractivity contribution in [2.75, 3.05) is 18.5 Å². The minimum atomic E-state index is 1.17. The zero-order valence-electron chi connectivity index (χ0n) is 21.7. The van der Waals surface area contributed by atoms with Gasteiger partial charge in [-0.1, -0.05) is 86.1 Å². The summed E-state index contributed by atoms with van der Waals surface area (Å²) in [4.78, 5) is 2.34. The summed E-state index contributed by atoms with van der Waals surface area (Å²) in [6.07, 6.45) is 22.9. The van der Waals surface area contributed by atoms with E-state index in [9.17, 15) is 0 Å². The van der Waals surface area contributed by atoms with Crippen LogP contribution >= 0.6 is 0 Å². The second kappa shape index (κ2) is 21.0. The van der Waals surface area contributed by atoms with E-state index in [1.165, 1.54) is 80.3 Å². The van der Waals surface area contributed by atoms with Gasteiger partial charge in [0.1, 0.15) is 0 Å². The SMILES string of the molecule is C#C.CC.CC.CCCCCCCC.CN1CCCc2cc(-c3cnn(C)c3)ccc21. The minimum Gasteiger partial charge on any atom is -0.374 e. The highest BCUT2D eigenvalue weighted by Crippen LogP contribution is 2.30. The number of anilines is 1. The quantitative estimate of drug-likeness (QED) is 0.342. The number of fused-ring (bicyclic) bond motifs is 1. The molecule has 3 rings (SSSR count). The molecule has 0 N–H and O–H groups in total. The third-order valence-corrected chi connectivity index (χ3v) is 4.93. The molecule has 3 nitrogen and oxygen atoms in total. The maximum atomic E-state index is 4.23. The Bertz CT molecular complexity index is 664. The molecule has 0 aliphatic carbocycles. The van der Waals surface area contributed by atoms with E-state index in [4.69, 9.17) is 0 Å². The van der Waals surface area contributed by atoms with Crippen molar-refractivity contribution in [1.82, 2.24) is 9.78 Å². The van der Waals surface area contributed by atoms with Crippen LogP contribution in [0.1, 0.15) is 92.1 Å². The van der Waals surface area contributed by atoms with Gasteiger partial charge in [0, 0.05) is 38.1 Å². The standard InChI is InChI=1S/C14H17N3.C8H18.2C2H6.C2H2/c1-16-7-3-4-12-8-11(5-6-14(12)16)13-9-15-17(2)10-13;1-3-5-7-8-6-4-2;3*1-2/h5-6,8-10H,3-4,7H2,1-2H3;3-8H2,1-2H3;2*1-2H3;1-2H. The van der Waals surface area contributed by atoms with Crippen LogP contribution in [-0.4, -0.2) is 23.4 Å². The van der Waals surface area contributed by atoms with E-state index in [2.05, 4.69) is 68.1 Å². The normalized spacial score (nSPS) is 11.1. The van der Waals surface area contributed by atoms with Crippen LogP contribution < -0.4 is 4.90 Å². The number of rotatable bonds is 6. The Labute approximate surface area is 194 Å². The molecule has 0 atom stereocenters. The monoisotopic (exact) mass is 427 g/mol. The van der Waals surface area contributed by atoms with E-state index >= 15 is 0 Å². The third kappa shape index (κ3) is 12.3. The van der Waals surface area contributed by atoms with Crippen LogP contribution in [0.2, 0.25) is 0 Å². The molecule has 0 amide bonds. The Hall–Kier alpha value is -2.21. The van der Waals surface area contributed by atoms with Crippen molar-refractivity contribution in [3.8, 4) is 24.0 Å². The highest BCUT2D eigenvalue weighted by atomic mass is 15.2. The van der Waals surface area contributed by atoms with E-state index in [-0.39, 0.29) is 0 Å². The van der Waals surface area contributed by atoms with E-state index in [1.807, 2.05) is 45.6 Å². The van der Waals surface area contributed by atoms with E-state index < -0.39 is 0 Å². The van der Waals surface area contributed by atoms with Crippen LogP contribution in [0.3, 0.4) is 0 Å². The Morgan fingerprint density at radius 1 is 0.871 bits per heavy atom. The van der Waals surface area contributed by atoms with Crippen LogP contribution in [0, 0.1) is 12.8 Å². The number of hydrogen-bond acceptors (Lipinski definition) is 2. The first-order valence-electron chi connectivity index (χ1n) is 12.3. The molecule has 2 aromatic rings. The fraction of sp³-hybridized carbons (Fsp3) is 0.607. The summed E-state index contributed by atoms with van der Waals surface area (Å²) in [5, 5.41) is 4.23. The Kier molecular flexibility index (Phi) is 21.0. The summed E-state index contributed by atoms with van der Waals surface area (Å²) >= 11 is 0. The number of terminal acetylenes is 1. The van der Waals surface area contributed by atoms with E-state index in [1.54, 1.807) is 0 Å². The molecule has 0 saturated heterocycles. The Morgan fingerprint density at radius 3 is 1.94 bits per heavy atom. The van der Waals surface area contributed by atoms with Gasteiger partial charge in [-0.2, -0.15) is 5.10 Å². The lowest BCUT2D eigenvalue weighted by atomic mass is 9.98. The molecule has 1 aromatic carbocycles. The van der Waals surface area contributed by atoms with Crippen LogP contribution in [0.5, 0.6) is 0 Å². The summed E-state index contributed by atoms with van der Waals surface area (Å²) in [5.74, 6) is 0. The molecule has 0 fully saturated rings. The van der Waals surface area contributed by atoms with Gasteiger partial charge in [-0.05, 0) is 36.1 Å². The maximum absolute atomic E-state index is 4.23. The predicted molar refractivity (Wildman–Crippen MR) is 142 cm³/mol. The summed E-state index contributed by atoms with van der Waals surface area (Å²) in [6, 6.07) is 6.73. The molecule has 0 bridgehead atoms. The van der Waals surface area contributed by atoms with Crippen molar-refractivity contribution in [2.24, 2.45) is 7.05 Å². The van der Waals surface area contributed by atoms with Crippen molar-refractivity contribution in [3.05, 3.63) is 36.2 Å². The highest BCUT2D eigenvalue weighted by molar-refractivity contribution is 5.68. The lowest BCUT2D eigenvalue weighted by molar-refractivity contribution is 0.624. The van der Waals surface area contributed by atoms with Crippen molar-refractivity contribution >= 4 is 5.69 Å². The largest absolute Gasteiger partial charge is 0.374 e. The van der Waals surface area contributed by atoms with Gasteiger partial charge in [0.05, 0.1) is 6.20 Å². The summed E-state index contributed by atoms with van der Waals surface area (Å²) < 4.78 is 1.85. The van der Waals surface area contributed by atoms with Gasteiger partial charge in [0.2, 0.25) is 0 Å². The zero-order valence-corrected chi connectivity index (χ0v) is 21.7. The molecule has 0 unspecified atom stereocenters. The number of benzene rings is 1. The molecule has 1 aliphatic heterocycles. The average molecular weight is 428 g/mol. The molecule has 0 saturated carbocycles. The van der Waals surface area contributed by atoms with Crippen LogP contribution in [0.25, 0.3) is 11.1 Å². The number of unbranched alkanes of at least 4 members (excludes halogenated alkanes) is 5. The summed E-state index contributed by atoms with van der Waals surface area (Å²) in [6.45, 7) is 13.7. The zero-order chi connectivity index (χ0) is 24.1. The fourth-order valence-electron chi connectivity index (χ4n) is 3.39. The average Bonchev–Trinajstić information content (AvgIpc) is 3.27. The predicted octanol–water partition coefficient (Wildman–Crippen LogP) is 8.14. The molecule has 2 heterocycles. The molecular weight excluding hydrogens is 378 g/mol. The van der Waals surface area contributed by atoms with Gasteiger partial charge in [-0.15, -0.1) is 12.8 Å². The molecule has 3 heteroatoms. The first-order valence-corrected chi connectivity index (χ1v) is 12.3. The smallest absolute Gasteiger partial charge is 0.0568 e. The molecule has 1 aliphatic rings. The first-order chi connectivity index (χ1) is 15.2. The fourth-order valence-corrected chi connectivity index (χ4v) is 3.39. The lowest BCUT2D eigenvalue weighted by Gasteiger charge is -2.27. The number of aryl methyl sites for hydroxylation is 2. The Balaban J connectivity index is 0. The van der Waals surface area contributed by atoms with Gasteiger partial charge in [-0.25, -0.2) is 0 Å². The molecule has 176 valence electrons. The van der Waals surface area contributed by atoms with Crippen LogP contribution in [-0.2, 0) is 13.5 Å². The van der Waals surface area contributed by atoms with Crippen molar-refractivity contribution in [2.45, 2.75) is 92.9 Å². The van der Waals surface area contributed by atoms with Gasteiger partial charge < -0.3 is 4.90 Å². The Morgan fingerprint density at radius 2 is 1.45 bits per heavy atom. The summed E-state index contributed by atoms with van der Waals surface area (Å²) in [7, 11) is 4.12. The number of hydrogen-bond donors (Lipinski definition) is 0. The van der Waals surface area contributed by atoms with E-state index in [0.717, 1.165) is 0 Å². The van der Waals surface area contributed by atoms with Gasteiger partial charge in [-0.3, -0.25) is 4.68 Å². The highest BCUT2D eigenvalue weighted by Gasteiger charge is 2.14. The molecular formula is C28H49N3.